The number of rotatable bonds is 21. The molecule has 0 aliphatic rings. The van der Waals surface area contributed by atoms with Crippen molar-refractivity contribution in [2.45, 2.75) is 26.8 Å². The van der Waals surface area contributed by atoms with Crippen LogP contribution in [-0.4, -0.2) is 105 Å². The minimum Gasteiger partial charge on any atom is -0.453 e. The van der Waals surface area contributed by atoms with E-state index in [-0.39, 0.29) is 5.43 Å². The molecule has 3 aromatic heterocycles. The molecule has 0 bridgehead atoms. The highest BCUT2D eigenvalue weighted by Crippen LogP contribution is 2.28. The fraction of sp³-hybridized carbons (Fsp3) is 0.471. The van der Waals surface area contributed by atoms with Gasteiger partial charge >= 0.3 is 0 Å². The third kappa shape index (κ3) is 9.92. The number of aromatic nitrogens is 5. The van der Waals surface area contributed by atoms with Gasteiger partial charge in [-0.15, -0.1) is 5.10 Å². The van der Waals surface area contributed by atoms with E-state index in [1.165, 1.54) is 6.07 Å². The number of H-pyrrole nitrogens is 1. The monoisotopic (exact) mass is 648 g/mol. The normalized spacial score (nSPS) is 11.6. The van der Waals surface area contributed by atoms with Crippen molar-refractivity contribution in [1.82, 2.24) is 25.0 Å². The molecule has 0 saturated heterocycles. The van der Waals surface area contributed by atoms with Crippen molar-refractivity contribution in [1.29, 1.82) is 0 Å². The van der Waals surface area contributed by atoms with Crippen molar-refractivity contribution in [2.75, 3.05) is 84.6 Å². The average molecular weight is 649 g/mol. The number of benzene rings is 2. The van der Waals surface area contributed by atoms with Gasteiger partial charge in [0.1, 0.15) is 17.1 Å². The lowest BCUT2D eigenvalue weighted by atomic mass is 10.1. The summed E-state index contributed by atoms with van der Waals surface area (Å²) in [4.78, 5) is 22.6. The number of nitrogens with zero attached hydrogens (tertiary/aromatic N) is 5. The number of hydrogen-bond acceptors (Lipinski definition) is 11. The Morgan fingerprint density at radius 2 is 1.49 bits per heavy atom. The zero-order chi connectivity index (χ0) is 32.8. The summed E-state index contributed by atoms with van der Waals surface area (Å²) in [6, 6.07) is 13.1. The predicted molar refractivity (Wildman–Crippen MR) is 179 cm³/mol. The van der Waals surface area contributed by atoms with Gasteiger partial charge in [-0.1, -0.05) is 12.1 Å². The summed E-state index contributed by atoms with van der Waals surface area (Å²) in [6.07, 6.45) is 2.82. The molecule has 5 rings (SSSR count). The average Bonchev–Trinajstić information content (AvgIpc) is 3.71. The molecule has 0 saturated carbocycles. The highest BCUT2D eigenvalue weighted by atomic mass is 16.6. The second kappa shape index (κ2) is 17.7. The first kappa shape index (κ1) is 34.2. The van der Waals surface area contributed by atoms with Gasteiger partial charge in [0.2, 0.25) is 0 Å². The molecule has 252 valence electrons. The molecule has 0 atom stereocenters. The quantitative estimate of drug-likeness (QED) is 0.115. The first-order valence-electron chi connectivity index (χ1n) is 16.0. The topological polar surface area (TPSA) is 139 Å². The standard InChI is InChI=1S/C34H44N6O7/c1-4-27-24-40(38-37-27)12-14-43-16-18-45-20-22-46-21-19-44-17-15-42-13-11-39(3)28-7-5-26(6-8-28)32-23-31(41)29-9-10-30-33(34(29)47-32)36-25(2)35-30/h5-10,23-24H,4,11-22H2,1-3H3,(H,35,36). The number of likely N-dealkylation sites (N-methyl/N-ethyl adjacent to an activating group) is 1. The van der Waals surface area contributed by atoms with Crippen LogP contribution >= 0.6 is 0 Å². The van der Waals surface area contributed by atoms with E-state index in [2.05, 4.69) is 32.1 Å². The van der Waals surface area contributed by atoms with Gasteiger partial charge in [0.05, 0.1) is 89.2 Å². The van der Waals surface area contributed by atoms with Crippen molar-refractivity contribution in [3.63, 3.8) is 0 Å². The Morgan fingerprint density at radius 3 is 2.13 bits per heavy atom. The Hall–Kier alpha value is -4.14. The third-order valence-corrected chi connectivity index (χ3v) is 7.53. The molecule has 0 spiro atoms. The van der Waals surface area contributed by atoms with E-state index in [4.69, 9.17) is 28.1 Å². The summed E-state index contributed by atoms with van der Waals surface area (Å²) in [5.41, 5.74) is 4.74. The molecule has 13 nitrogen and oxygen atoms in total. The van der Waals surface area contributed by atoms with Crippen molar-refractivity contribution in [2.24, 2.45) is 0 Å². The Kier molecular flexibility index (Phi) is 12.9. The molecule has 47 heavy (non-hydrogen) atoms. The van der Waals surface area contributed by atoms with Crippen LogP contribution in [0.1, 0.15) is 18.4 Å². The second-order valence-corrected chi connectivity index (χ2v) is 11.0. The van der Waals surface area contributed by atoms with E-state index in [1.807, 2.05) is 50.5 Å². The van der Waals surface area contributed by atoms with Crippen LogP contribution in [0.15, 0.2) is 57.9 Å². The van der Waals surface area contributed by atoms with Crippen LogP contribution in [0, 0.1) is 6.92 Å². The zero-order valence-corrected chi connectivity index (χ0v) is 27.4. The predicted octanol–water partition coefficient (Wildman–Crippen LogP) is 4.02. The fourth-order valence-corrected chi connectivity index (χ4v) is 4.91. The summed E-state index contributed by atoms with van der Waals surface area (Å²) in [5.74, 6) is 1.28. The number of aryl methyl sites for hydroxylation is 2. The van der Waals surface area contributed by atoms with Crippen molar-refractivity contribution < 1.29 is 28.1 Å². The fourth-order valence-electron chi connectivity index (χ4n) is 4.91. The van der Waals surface area contributed by atoms with Crippen LogP contribution in [0.25, 0.3) is 33.3 Å². The number of nitrogens with one attached hydrogen (secondary N) is 1. The summed E-state index contributed by atoms with van der Waals surface area (Å²) >= 11 is 0. The maximum atomic E-state index is 12.8. The van der Waals surface area contributed by atoms with Crippen molar-refractivity contribution in [3.05, 3.63) is 70.4 Å². The molecule has 0 amide bonds. The van der Waals surface area contributed by atoms with E-state index >= 15 is 0 Å². The highest BCUT2D eigenvalue weighted by molar-refractivity contribution is 6.00. The Morgan fingerprint density at radius 1 is 0.851 bits per heavy atom. The van der Waals surface area contributed by atoms with Crippen LogP contribution in [-0.2, 0) is 36.6 Å². The minimum absolute atomic E-state index is 0.0943. The van der Waals surface area contributed by atoms with E-state index in [1.54, 1.807) is 10.7 Å². The van der Waals surface area contributed by atoms with Crippen LogP contribution in [0.3, 0.4) is 0 Å². The third-order valence-electron chi connectivity index (χ3n) is 7.53. The summed E-state index contributed by atoms with van der Waals surface area (Å²) in [7, 11) is 2.01. The second-order valence-electron chi connectivity index (χ2n) is 11.0. The molecular formula is C34H44N6O7. The minimum atomic E-state index is -0.0943. The van der Waals surface area contributed by atoms with E-state index in [0.29, 0.717) is 94.9 Å². The van der Waals surface area contributed by atoms with Gasteiger partial charge in [0.25, 0.3) is 0 Å². The number of aromatic amines is 1. The molecule has 13 heteroatoms. The van der Waals surface area contributed by atoms with Crippen LogP contribution in [0.5, 0.6) is 0 Å². The largest absolute Gasteiger partial charge is 0.453 e. The van der Waals surface area contributed by atoms with Gasteiger partial charge in [-0.3, -0.25) is 4.79 Å². The zero-order valence-electron chi connectivity index (χ0n) is 27.4. The first-order chi connectivity index (χ1) is 23.0. The number of hydrogen-bond donors (Lipinski definition) is 1. The lowest BCUT2D eigenvalue weighted by Gasteiger charge is -2.19. The molecule has 3 heterocycles. The van der Waals surface area contributed by atoms with Gasteiger partial charge in [0.15, 0.2) is 11.0 Å². The highest BCUT2D eigenvalue weighted by Gasteiger charge is 2.13. The smallest absolute Gasteiger partial charge is 0.193 e. The molecule has 2 aromatic carbocycles. The summed E-state index contributed by atoms with van der Waals surface area (Å²) in [5, 5.41) is 8.62. The van der Waals surface area contributed by atoms with E-state index < -0.39 is 0 Å². The van der Waals surface area contributed by atoms with Crippen LogP contribution < -0.4 is 10.3 Å². The van der Waals surface area contributed by atoms with E-state index in [0.717, 1.165) is 41.3 Å². The Balaban J connectivity index is 0.884. The van der Waals surface area contributed by atoms with Crippen molar-refractivity contribution >= 4 is 27.7 Å². The molecule has 0 aliphatic heterocycles. The number of ether oxygens (including phenoxy) is 5. The summed E-state index contributed by atoms with van der Waals surface area (Å²) in [6.45, 7) is 10.6. The van der Waals surface area contributed by atoms with Gasteiger partial charge in [-0.25, -0.2) is 9.67 Å². The molecule has 0 aliphatic carbocycles. The molecule has 0 unspecified atom stereocenters. The maximum Gasteiger partial charge on any atom is 0.193 e. The van der Waals surface area contributed by atoms with Crippen molar-refractivity contribution in [3.8, 4) is 11.3 Å². The molecule has 0 radical (unpaired) electrons. The summed E-state index contributed by atoms with van der Waals surface area (Å²) < 4.78 is 35.9. The number of anilines is 1. The Bertz CT molecular complexity index is 1730. The number of fused-ring (bicyclic) bond motifs is 3. The molecule has 1 N–H and O–H groups in total. The van der Waals surface area contributed by atoms with Gasteiger partial charge in [0, 0.05) is 37.1 Å². The lowest BCUT2D eigenvalue weighted by Crippen LogP contribution is -2.23. The number of imidazole rings is 1. The maximum absolute atomic E-state index is 12.8. The Labute approximate surface area is 273 Å². The lowest BCUT2D eigenvalue weighted by molar-refractivity contribution is -0.0111. The van der Waals surface area contributed by atoms with Crippen LogP contribution in [0.4, 0.5) is 5.69 Å². The first-order valence-corrected chi connectivity index (χ1v) is 16.0. The van der Waals surface area contributed by atoms with Crippen LogP contribution in [0.2, 0.25) is 0 Å². The molecular weight excluding hydrogens is 604 g/mol. The van der Waals surface area contributed by atoms with Gasteiger partial charge in [-0.05, 0) is 49.7 Å². The molecule has 0 fully saturated rings. The SMILES string of the molecule is CCc1cn(CCOCCOCCOCCOCCOCCN(C)c2ccc(-c3cc(=O)c4ccc5[nH]c(C)nc5c4o3)cc2)nn1. The van der Waals surface area contributed by atoms with Gasteiger partial charge in [-0.2, -0.15) is 0 Å². The van der Waals surface area contributed by atoms with E-state index in [9.17, 15) is 4.79 Å². The molecule has 5 aromatic rings. The van der Waals surface area contributed by atoms with Gasteiger partial charge < -0.3 is 38.0 Å².